The van der Waals surface area contributed by atoms with Gasteiger partial charge in [-0.15, -0.1) is 0 Å². The van der Waals surface area contributed by atoms with Crippen molar-refractivity contribution in [3.8, 4) is 5.75 Å². The van der Waals surface area contributed by atoms with Crippen molar-refractivity contribution in [2.45, 2.75) is 23.8 Å². The van der Waals surface area contributed by atoms with Gasteiger partial charge in [-0.1, -0.05) is 0 Å². The van der Waals surface area contributed by atoms with Crippen molar-refractivity contribution >= 4 is 15.7 Å². The molecule has 6 nitrogen and oxygen atoms in total. The van der Waals surface area contributed by atoms with Crippen LogP contribution in [0.5, 0.6) is 5.75 Å². The molecule has 0 aliphatic heterocycles. The summed E-state index contributed by atoms with van der Waals surface area (Å²) in [5, 5.41) is 18.5. The molecule has 0 aromatic heterocycles. The number of nitrogens with zero attached hydrogens (tertiary/aromatic N) is 1. The van der Waals surface area contributed by atoms with Crippen LogP contribution in [-0.4, -0.2) is 42.6 Å². The van der Waals surface area contributed by atoms with E-state index in [0.717, 1.165) is 0 Å². The maximum atomic E-state index is 12.3. The summed E-state index contributed by atoms with van der Waals surface area (Å²) in [4.78, 5) is 0.0603. The van der Waals surface area contributed by atoms with Crippen molar-refractivity contribution in [1.82, 2.24) is 4.31 Å². The molecule has 1 saturated carbocycles. The molecule has 4 N–H and O–H groups in total. The Bertz CT molecular complexity index is 567. The monoisotopic (exact) mass is 286 g/mol. The number of aromatic hydroxyl groups is 1. The summed E-state index contributed by atoms with van der Waals surface area (Å²) in [7, 11) is -2.10. The number of benzene rings is 1. The van der Waals surface area contributed by atoms with Gasteiger partial charge in [0.1, 0.15) is 5.75 Å². The number of nitrogen functional groups attached to an aromatic ring is 1. The lowest BCUT2D eigenvalue weighted by molar-refractivity contribution is 0.0367. The number of phenols is 1. The minimum absolute atomic E-state index is 0.0357. The fourth-order valence-electron chi connectivity index (χ4n) is 2.18. The predicted octanol–water partition coefficient (Wildman–Crippen LogP) is 0.366. The molecule has 0 radical (unpaired) electrons. The second-order valence-corrected chi connectivity index (χ2v) is 7.04. The summed E-state index contributed by atoms with van der Waals surface area (Å²) in [6, 6.07) is 3.84. The second kappa shape index (κ2) is 4.99. The van der Waals surface area contributed by atoms with E-state index in [4.69, 9.17) is 5.73 Å². The highest BCUT2D eigenvalue weighted by Crippen LogP contribution is 2.30. The van der Waals surface area contributed by atoms with Gasteiger partial charge in [0.15, 0.2) is 0 Å². The van der Waals surface area contributed by atoms with Gasteiger partial charge in [-0.25, -0.2) is 12.7 Å². The van der Waals surface area contributed by atoms with Crippen molar-refractivity contribution < 1.29 is 18.6 Å². The Labute approximate surface area is 112 Å². The van der Waals surface area contributed by atoms with Crippen LogP contribution in [0.3, 0.4) is 0 Å². The predicted molar refractivity (Wildman–Crippen MR) is 71.1 cm³/mol. The minimum Gasteiger partial charge on any atom is -0.506 e. The first-order valence-corrected chi connectivity index (χ1v) is 7.47. The number of aliphatic hydroxyl groups excluding tert-OH is 1. The van der Waals surface area contributed by atoms with E-state index >= 15 is 0 Å². The number of aliphatic hydroxyl groups is 1. The third-order valence-electron chi connectivity index (χ3n) is 3.43. The highest BCUT2D eigenvalue weighted by Gasteiger charge is 2.31. The molecule has 0 heterocycles. The average molecular weight is 286 g/mol. The summed E-state index contributed by atoms with van der Waals surface area (Å²) in [6.07, 6.45) is 0.972. The van der Waals surface area contributed by atoms with Crippen LogP contribution in [0.4, 0.5) is 5.69 Å². The smallest absolute Gasteiger partial charge is 0.242 e. The fourth-order valence-corrected chi connectivity index (χ4v) is 3.47. The molecule has 0 saturated heterocycles. The molecule has 0 amide bonds. The number of rotatable bonds is 4. The van der Waals surface area contributed by atoms with Gasteiger partial charge in [-0.3, -0.25) is 0 Å². The van der Waals surface area contributed by atoms with Crippen LogP contribution < -0.4 is 5.73 Å². The van der Waals surface area contributed by atoms with E-state index in [0.29, 0.717) is 19.4 Å². The molecule has 7 heteroatoms. The largest absolute Gasteiger partial charge is 0.506 e. The summed E-state index contributed by atoms with van der Waals surface area (Å²) in [5.41, 5.74) is 5.54. The van der Waals surface area contributed by atoms with Gasteiger partial charge < -0.3 is 15.9 Å². The molecule has 0 unspecified atom stereocenters. The molecule has 2 rings (SSSR count). The van der Waals surface area contributed by atoms with E-state index in [2.05, 4.69) is 0 Å². The van der Waals surface area contributed by atoms with Crippen LogP contribution in [0.25, 0.3) is 0 Å². The molecule has 1 aromatic rings. The zero-order valence-electron chi connectivity index (χ0n) is 10.7. The SMILES string of the molecule is CN(CC1CC(O)C1)S(=O)(=O)c1ccc(O)c(N)c1. The lowest BCUT2D eigenvalue weighted by atomic mass is 9.82. The van der Waals surface area contributed by atoms with E-state index in [1.165, 1.54) is 29.6 Å². The standard InChI is InChI=1S/C12H18N2O4S/c1-14(7-8-4-9(15)5-8)19(17,18)10-2-3-12(16)11(13)6-10/h2-3,6,8-9,15-16H,4-5,7,13H2,1H3. The Hall–Kier alpha value is -1.31. The molecule has 106 valence electrons. The number of hydrogen-bond acceptors (Lipinski definition) is 5. The number of anilines is 1. The summed E-state index contributed by atoms with van der Waals surface area (Å²) < 4.78 is 25.8. The van der Waals surface area contributed by atoms with E-state index in [1.807, 2.05) is 0 Å². The number of phenolic OH excluding ortho intramolecular Hbond substituents is 1. The van der Waals surface area contributed by atoms with Gasteiger partial charge in [-0.2, -0.15) is 0 Å². The van der Waals surface area contributed by atoms with E-state index in [1.54, 1.807) is 0 Å². The molecular formula is C12H18N2O4S. The maximum absolute atomic E-state index is 12.3. The zero-order valence-corrected chi connectivity index (χ0v) is 11.5. The Morgan fingerprint density at radius 2 is 2.05 bits per heavy atom. The normalized spacial score (nSPS) is 23.3. The van der Waals surface area contributed by atoms with Crippen LogP contribution >= 0.6 is 0 Å². The summed E-state index contributed by atoms with van der Waals surface area (Å²) in [6.45, 7) is 0.375. The highest BCUT2D eigenvalue weighted by molar-refractivity contribution is 7.89. The highest BCUT2D eigenvalue weighted by atomic mass is 32.2. The van der Waals surface area contributed by atoms with Crippen LogP contribution in [0.1, 0.15) is 12.8 Å². The molecule has 1 aromatic carbocycles. The Morgan fingerprint density at radius 1 is 1.42 bits per heavy atom. The summed E-state index contributed by atoms with van der Waals surface area (Å²) >= 11 is 0. The Morgan fingerprint density at radius 3 is 2.58 bits per heavy atom. The fraction of sp³-hybridized carbons (Fsp3) is 0.500. The number of nitrogens with two attached hydrogens (primary N) is 1. The molecule has 19 heavy (non-hydrogen) atoms. The van der Waals surface area contributed by atoms with Crippen molar-refractivity contribution in [3.63, 3.8) is 0 Å². The molecule has 0 spiro atoms. The summed E-state index contributed by atoms with van der Waals surface area (Å²) in [5.74, 6) is 0.0629. The molecule has 1 aliphatic carbocycles. The molecule has 0 atom stereocenters. The van der Waals surface area contributed by atoms with Crippen LogP contribution in [0.2, 0.25) is 0 Å². The van der Waals surface area contributed by atoms with Gasteiger partial charge in [0.2, 0.25) is 10.0 Å². The van der Waals surface area contributed by atoms with E-state index < -0.39 is 10.0 Å². The third kappa shape index (κ3) is 2.83. The zero-order chi connectivity index (χ0) is 14.2. The first-order chi connectivity index (χ1) is 8.80. The lowest BCUT2D eigenvalue weighted by Crippen LogP contribution is -2.39. The van der Waals surface area contributed by atoms with E-state index in [-0.39, 0.29) is 28.4 Å². The van der Waals surface area contributed by atoms with Crippen molar-refractivity contribution in [2.24, 2.45) is 5.92 Å². The first-order valence-electron chi connectivity index (χ1n) is 6.03. The maximum Gasteiger partial charge on any atom is 0.242 e. The number of hydrogen-bond donors (Lipinski definition) is 3. The van der Waals surface area contributed by atoms with Gasteiger partial charge in [0.25, 0.3) is 0 Å². The topological polar surface area (TPSA) is 104 Å². The minimum atomic E-state index is -3.61. The van der Waals surface area contributed by atoms with E-state index in [9.17, 15) is 18.6 Å². The van der Waals surface area contributed by atoms with Crippen LogP contribution in [0, 0.1) is 5.92 Å². The third-order valence-corrected chi connectivity index (χ3v) is 5.25. The van der Waals surface area contributed by atoms with Crippen LogP contribution in [-0.2, 0) is 10.0 Å². The van der Waals surface area contributed by atoms with Crippen LogP contribution in [0.15, 0.2) is 23.1 Å². The molecule has 0 bridgehead atoms. The van der Waals surface area contributed by atoms with Gasteiger partial charge in [-0.05, 0) is 37.0 Å². The first kappa shape index (κ1) is 14.1. The van der Waals surface area contributed by atoms with Crippen molar-refractivity contribution in [1.29, 1.82) is 0 Å². The molecule has 1 aliphatic rings. The quantitative estimate of drug-likeness (QED) is 0.548. The molecular weight excluding hydrogens is 268 g/mol. The second-order valence-electron chi connectivity index (χ2n) is 5.00. The Balaban J connectivity index is 2.14. The van der Waals surface area contributed by atoms with Gasteiger partial charge >= 0.3 is 0 Å². The molecule has 1 fully saturated rings. The Kier molecular flexibility index (Phi) is 3.71. The van der Waals surface area contributed by atoms with Crippen molar-refractivity contribution in [2.75, 3.05) is 19.3 Å². The van der Waals surface area contributed by atoms with Gasteiger partial charge in [0, 0.05) is 13.6 Å². The van der Waals surface area contributed by atoms with Gasteiger partial charge in [0.05, 0.1) is 16.7 Å². The number of sulfonamides is 1. The lowest BCUT2D eigenvalue weighted by Gasteiger charge is -2.34. The average Bonchev–Trinajstić information content (AvgIpc) is 2.30. The van der Waals surface area contributed by atoms with Crippen molar-refractivity contribution in [3.05, 3.63) is 18.2 Å².